The van der Waals surface area contributed by atoms with Gasteiger partial charge in [0, 0.05) is 29.8 Å². The van der Waals surface area contributed by atoms with Crippen molar-refractivity contribution < 1.29 is 19.5 Å². The second-order valence-corrected chi connectivity index (χ2v) is 6.66. The Labute approximate surface area is 157 Å². The molecule has 6 nitrogen and oxygen atoms in total. The van der Waals surface area contributed by atoms with Gasteiger partial charge in [-0.1, -0.05) is 55.4 Å². The topological polar surface area (TPSA) is 95.6 Å². The molecule has 0 amide bonds. The lowest BCUT2D eigenvalue weighted by Gasteiger charge is -2.14. The van der Waals surface area contributed by atoms with E-state index in [4.69, 9.17) is 9.63 Å². The molecular weight excluding hydrogens is 344 g/mol. The molecule has 27 heavy (non-hydrogen) atoms. The molecular formula is C21H22N2O4. The fourth-order valence-corrected chi connectivity index (χ4v) is 2.69. The Hall–Kier alpha value is -2.96. The highest BCUT2D eigenvalue weighted by molar-refractivity contribution is 5.89. The van der Waals surface area contributed by atoms with Crippen LogP contribution in [0, 0.1) is 0 Å². The number of aromatic carboxylic acids is 1. The average Bonchev–Trinajstić information content (AvgIpc) is 3.16. The molecule has 0 saturated heterocycles. The first-order chi connectivity index (χ1) is 12.9. The number of carboxylic acid groups (broad SMARTS) is 1. The van der Waals surface area contributed by atoms with E-state index in [0.29, 0.717) is 29.6 Å². The van der Waals surface area contributed by atoms with Gasteiger partial charge in [-0.3, -0.25) is 0 Å². The zero-order valence-corrected chi connectivity index (χ0v) is 15.2. The number of aromatic nitrogens is 1. The van der Waals surface area contributed by atoms with E-state index in [2.05, 4.69) is 10.5 Å². The van der Waals surface area contributed by atoms with Crippen molar-refractivity contribution in [1.82, 2.24) is 10.5 Å². The van der Waals surface area contributed by atoms with Gasteiger partial charge in [-0.2, -0.15) is 0 Å². The highest BCUT2D eigenvalue weighted by Gasteiger charge is 2.12. The van der Waals surface area contributed by atoms with Gasteiger partial charge in [-0.25, -0.2) is 4.79 Å². The van der Waals surface area contributed by atoms with E-state index in [1.54, 1.807) is 24.3 Å². The molecule has 0 bridgehead atoms. The van der Waals surface area contributed by atoms with E-state index in [9.17, 15) is 9.90 Å². The number of carboxylic acids is 1. The van der Waals surface area contributed by atoms with Crippen LogP contribution in [0.2, 0.25) is 0 Å². The van der Waals surface area contributed by atoms with Crippen LogP contribution in [0.25, 0.3) is 22.6 Å². The van der Waals surface area contributed by atoms with Crippen LogP contribution in [0.1, 0.15) is 35.9 Å². The van der Waals surface area contributed by atoms with Crippen LogP contribution in [0.5, 0.6) is 0 Å². The number of aliphatic hydroxyl groups excluding tert-OH is 1. The molecule has 0 aliphatic rings. The maximum absolute atomic E-state index is 11.1. The van der Waals surface area contributed by atoms with Crippen molar-refractivity contribution in [2.24, 2.45) is 0 Å². The quantitative estimate of drug-likeness (QED) is 0.590. The molecule has 0 radical (unpaired) electrons. The van der Waals surface area contributed by atoms with Crippen molar-refractivity contribution in [3.05, 3.63) is 65.7 Å². The molecule has 3 aromatic rings. The third kappa shape index (κ3) is 4.61. The van der Waals surface area contributed by atoms with E-state index >= 15 is 0 Å². The van der Waals surface area contributed by atoms with Gasteiger partial charge in [0.2, 0.25) is 0 Å². The SMILES string of the molecule is CC(C)NCC(O)c1ccc(-c2cc(-c3cccc(C(=O)O)c3)no2)cc1. The second kappa shape index (κ2) is 8.16. The number of nitrogens with one attached hydrogen (secondary N) is 1. The minimum atomic E-state index is -0.985. The summed E-state index contributed by atoms with van der Waals surface area (Å²) in [5.41, 5.74) is 3.09. The molecule has 1 unspecified atom stereocenters. The van der Waals surface area contributed by atoms with E-state index in [1.807, 2.05) is 38.1 Å². The molecule has 0 spiro atoms. The fraction of sp³-hybridized carbons (Fsp3) is 0.238. The number of nitrogens with zero attached hydrogens (tertiary/aromatic N) is 1. The summed E-state index contributed by atoms with van der Waals surface area (Å²) in [5, 5.41) is 26.6. The molecule has 3 N–H and O–H groups in total. The van der Waals surface area contributed by atoms with Crippen LogP contribution in [-0.4, -0.2) is 33.9 Å². The lowest BCUT2D eigenvalue weighted by molar-refractivity contribution is 0.0697. The van der Waals surface area contributed by atoms with Gasteiger partial charge >= 0.3 is 5.97 Å². The highest BCUT2D eigenvalue weighted by atomic mass is 16.5. The first-order valence-corrected chi connectivity index (χ1v) is 8.76. The summed E-state index contributed by atoms with van der Waals surface area (Å²) in [7, 11) is 0. The van der Waals surface area contributed by atoms with E-state index in [1.165, 1.54) is 6.07 Å². The summed E-state index contributed by atoms with van der Waals surface area (Å²) >= 11 is 0. The lowest BCUT2D eigenvalue weighted by atomic mass is 10.0. The molecule has 0 aliphatic carbocycles. The largest absolute Gasteiger partial charge is 0.478 e. The normalized spacial score (nSPS) is 12.3. The fourth-order valence-electron chi connectivity index (χ4n) is 2.69. The first-order valence-electron chi connectivity index (χ1n) is 8.76. The van der Waals surface area contributed by atoms with Crippen molar-refractivity contribution in [2.75, 3.05) is 6.54 Å². The van der Waals surface area contributed by atoms with Crippen molar-refractivity contribution in [3.63, 3.8) is 0 Å². The molecule has 0 saturated carbocycles. The van der Waals surface area contributed by atoms with Crippen molar-refractivity contribution >= 4 is 5.97 Å². The van der Waals surface area contributed by atoms with Crippen LogP contribution in [-0.2, 0) is 0 Å². The molecule has 6 heteroatoms. The van der Waals surface area contributed by atoms with E-state index < -0.39 is 12.1 Å². The summed E-state index contributed by atoms with van der Waals surface area (Å²) in [4.78, 5) is 11.1. The Morgan fingerprint density at radius 3 is 2.52 bits per heavy atom. The van der Waals surface area contributed by atoms with Crippen LogP contribution >= 0.6 is 0 Å². The van der Waals surface area contributed by atoms with Crippen LogP contribution in [0.15, 0.2) is 59.1 Å². The minimum Gasteiger partial charge on any atom is -0.478 e. The average molecular weight is 366 g/mol. The monoisotopic (exact) mass is 366 g/mol. The number of benzene rings is 2. The summed E-state index contributed by atoms with van der Waals surface area (Å²) in [6.45, 7) is 4.55. The summed E-state index contributed by atoms with van der Waals surface area (Å²) in [5.74, 6) is -0.409. The number of aliphatic hydroxyl groups is 1. The molecule has 0 fully saturated rings. The van der Waals surface area contributed by atoms with Crippen LogP contribution in [0.4, 0.5) is 0 Å². The molecule has 3 rings (SSSR count). The van der Waals surface area contributed by atoms with Crippen LogP contribution < -0.4 is 5.32 Å². The molecule has 2 aromatic carbocycles. The molecule has 1 heterocycles. The highest BCUT2D eigenvalue weighted by Crippen LogP contribution is 2.27. The molecule has 0 aliphatic heterocycles. The van der Waals surface area contributed by atoms with Gasteiger partial charge < -0.3 is 20.1 Å². The van der Waals surface area contributed by atoms with Gasteiger partial charge in [0.1, 0.15) is 5.69 Å². The first kappa shape index (κ1) is 18.8. The summed E-state index contributed by atoms with van der Waals surface area (Å²) in [6.07, 6.45) is -0.578. The van der Waals surface area contributed by atoms with Crippen molar-refractivity contribution in [1.29, 1.82) is 0 Å². The zero-order valence-electron chi connectivity index (χ0n) is 15.2. The molecule has 140 valence electrons. The van der Waals surface area contributed by atoms with Gasteiger partial charge in [0.25, 0.3) is 0 Å². The molecule has 1 atom stereocenters. The predicted molar refractivity (Wildman–Crippen MR) is 102 cm³/mol. The Bertz CT molecular complexity index is 916. The van der Waals surface area contributed by atoms with Gasteiger partial charge in [0.15, 0.2) is 5.76 Å². The van der Waals surface area contributed by atoms with Gasteiger partial charge in [0.05, 0.1) is 11.7 Å². The zero-order chi connectivity index (χ0) is 19.4. The standard InChI is InChI=1S/C21H22N2O4/c1-13(2)22-12-19(24)14-6-8-15(9-7-14)20-11-18(23-27-20)16-4-3-5-17(10-16)21(25)26/h3-11,13,19,22,24H,12H2,1-2H3,(H,25,26). The Kier molecular flexibility index (Phi) is 5.69. The maximum Gasteiger partial charge on any atom is 0.335 e. The third-order valence-corrected chi connectivity index (χ3v) is 4.21. The maximum atomic E-state index is 11.1. The second-order valence-electron chi connectivity index (χ2n) is 6.66. The van der Waals surface area contributed by atoms with E-state index in [-0.39, 0.29) is 5.56 Å². The molecule has 1 aromatic heterocycles. The van der Waals surface area contributed by atoms with Gasteiger partial charge in [-0.15, -0.1) is 0 Å². The van der Waals surface area contributed by atoms with Crippen molar-refractivity contribution in [3.8, 4) is 22.6 Å². The number of rotatable bonds is 7. The van der Waals surface area contributed by atoms with Crippen LogP contribution in [0.3, 0.4) is 0 Å². The summed E-state index contributed by atoms with van der Waals surface area (Å²) < 4.78 is 5.41. The minimum absolute atomic E-state index is 0.199. The lowest BCUT2D eigenvalue weighted by Crippen LogP contribution is -2.27. The summed E-state index contributed by atoms with van der Waals surface area (Å²) in [6, 6.07) is 16.1. The van der Waals surface area contributed by atoms with E-state index in [0.717, 1.165) is 11.1 Å². The smallest absolute Gasteiger partial charge is 0.335 e. The Balaban J connectivity index is 1.76. The number of hydrogen-bond acceptors (Lipinski definition) is 5. The predicted octanol–water partition coefficient (Wildman–Crippen LogP) is 3.74. The third-order valence-electron chi connectivity index (χ3n) is 4.21. The number of hydrogen-bond donors (Lipinski definition) is 3. The number of carbonyl (C=O) groups is 1. The van der Waals surface area contributed by atoms with Crippen molar-refractivity contribution in [2.45, 2.75) is 26.0 Å². The Morgan fingerprint density at radius 1 is 1.11 bits per heavy atom. The van der Waals surface area contributed by atoms with Gasteiger partial charge in [-0.05, 0) is 17.7 Å². The Morgan fingerprint density at radius 2 is 1.85 bits per heavy atom.